The van der Waals surface area contributed by atoms with Crippen LogP contribution in [0.1, 0.15) is 13.8 Å². The van der Waals surface area contributed by atoms with Gasteiger partial charge < -0.3 is 4.90 Å². The monoisotopic (exact) mass is 211 g/mol. The lowest BCUT2D eigenvalue weighted by Gasteiger charge is -2.06. The van der Waals surface area contributed by atoms with Gasteiger partial charge in [-0.3, -0.25) is 4.79 Å². The van der Waals surface area contributed by atoms with Crippen molar-refractivity contribution in [3.8, 4) is 0 Å². The molecule has 1 heterocycles. The van der Waals surface area contributed by atoms with Crippen molar-refractivity contribution >= 4 is 17.7 Å². The maximum Gasteiger partial charge on any atom is 0.249 e. The molecule has 3 heteroatoms. The molecule has 0 unspecified atom stereocenters. The third-order valence-corrected chi connectivity index (χ3v) is 3.13. The van der Waals surface area contributed by atoms with Crippen LogP contribution in [0.15, 0.2) is 23.3 Å². The highest BCUT2D eigenvalue weighted by Gasteiger charge is 2.21. The topological polar surface area (TPSA) is 20.3 Å². The van der Waals surface area contributed by atoms with Gasteiger partial charge in [0.05, 0.1) is 0 Å². The van der Waals surface area contributed by atoms with Gasteiger partial charge in [0.1, 0.15) is 0 Å². The summed E-state index contributed by atoms with van der Waals surface area (Å²) in [5.74, 6) is 2.33. The SMILES string of the molecule is CCSC/C=C\C1=C(C)C(=O)N(C)C1. The Morgan fingerprint density at radius 1 is 1.57 bits per heavy atom. The quantitative estimate of drug-likeness (QED) is 0.664. The molecule has 0 fully saturated rings. The van der Waals surface area contributed by atoms with Crippen LogP contribution in [0.3, 0.4) is 0 Å². The standard InChI is InChI=1S/C11H17NOS/c1-4-14-7-5-6-10-8-12(3)11(13)9(10)2/h5-6H,4,7-8H2,1-3H3/b6-5-. The Labute approximate surface area is 90.0 Å². The van der Waals surface area contributed by atoms with E-state index < -0.39 is 0 Å². The van der Waals surface area contributed by atoms with E-state index in [1.165, 1.54) is 0 Å². The molecule has 78 valence electrons. The number of hydrogen-bond acceptors (Lipinski definition) is 2. The van der Waals surface area contributed by atoms with Crippen LogP contribution in [0.5, 0.6) is 0 Å². The summed E-state index contributed by atoms with van der Waals surface area (Å²) in [6.07, 6.45) is 4.22. The fourth-order valence-electron chi connectivity index (χ4n) is 1.42. The van der Waals surface area contributed by atoms with E-state index >= 15 is 0 Å². The van der Waals surface area contributed by atoms with Crippen LogP contribution < -0.4 is 0 Å². The highest BCUT2D eigenvalue weighted by atomic mass is 32.2. The van der Waals surface area contributed by atoms with E-state index in [0.717, 1.165) is 29.2 Å². The third-order valence-electron chi connectivity index (χ3n) is 2.29. The van der Waals surface area contributed by atoms with Crippen molar-refractivity contribution in [3.63, 3.8) is 0 Å². The zero-order valence-electron chi connectivity index (χ0n) is 9.04. The number of likely N-dealkylation sites (N-methyl/N-ethyl adjacent to an activating group) is 1. The lowest BCUT2D eigenvalue weighted by atomic mass is 10.1. The minimum Gasteiger partial charge on any atom is -0.338 e. The summed E-state index contributed by atoms with van der Waals surface area (Å²) in [5.41, 5.74) is 2.06. The number of carbonyl (C=O) groups is 1. The third kappa shape index (κ3) is 2.64. The summed E-state index contributed by atoms with van der Waals surface area (Å²) >= 11 is 1.89. The number of rotatable bonds is 4. The van der Waals surface area contributed by atoms with Crippen LogP contribution in [-0.4, -0.2) is 35.9 Å². The molecular weight excluding hydrogens is 194 g/mol. The predicted octanol–water partition coefficient (Wildman–Crippen LogP) is 2.08. The highest BCUT2D eigenvalue weighted by molar-refractivity contribution is 7.99. The largest absolute Gasteiger partial charge is 0.338 e. The van der Waals surface area contributed by atoms with E-state index in [1.54, 1.807) is 4.90 Å². The van der Waals surface area contributed by atoms with Crippen molar-refractivity contribution < 1.29 is 4.79 Å². The van der Waals surface area contributed by atoms with Crippen molar-refractivity contribution in [2.75, 3.05) is 25.1 Å². The van der Waals surface area contributed by atoms with Gasteiger partial charge in [-0.25, -0.2) is 0 Å². The molecule has 1 amide bonds. The predicted molar refractivity (Wildman–Crippen MR) is 62.5 cm³/mol. The molecule has 0 spiro atoms. The molecule has 0 atom stereocenters. The molecule has 0 aromatic heterocycles. The first kappa shape index (κ1) is 11.4. The minimum absolute atomic E-state index is 0.160. The smallest absolute Gasteiger partial charge is 0.249 e. The lowest BCUT2D eigenvalue weighted by Crippen LogP contribution is -2.21. The molecular formula is C11H17NOS. The second-order valence-electron chi connectivity index (χ2n) is 3.37. The molecule has 1 aliphatic heterocycles. The Kier molecular flexibility index (Phi) is 4.26. The zero-order chi connectivity index (χ0) is 10.6. The van der Waals surface area contributed by atoms with E-state index in [9.17, 15) is 4.79 Å². The second kappa shape index (κ2) is 5.25. The maximum atomic E-state index is 11.4. The Bertz CT molecular complexity index is 281. The number of carbonyl (C=O) groups excluding carboxylic acids is 1. The van der Waals surface area contributed by atoms with Crippen LogP contribution in [0.2, 0.25) is 0 Å². The van der Waals surface area contributed by atoms with Gasteiger partial charge in [0.2, 0.25) is 5.91 Å². The Hall–Kier alpha value is -0.700. The Morgan fingerprint density at radius 3 is 2.79 bits per heavy atom. The van der Waals surface area contributed by atoms with Crippen molar-refractivity contribution in [1.29, 1.82) is 0 Å². The fraction of sp³-hybridized carbons (Fsp3) is 0.545. The first-order valence-corrected chi connectivity index (χ1v) is 6.01. The van der Waals surface area contributed by atoms with Crippen LogP contribution in [-0.2, 0) is 4.79 Å². The van der Waals surface area contributed by atoms with Gasteiger partial charge in [0.25, 0.3) is 0 Å². The average Bonchev–Trinajstić information content (AvgIpc) is 2.41. The van der Waals surface area contributed by atoms with Gasteiger partial charge >= 0.3 is 0 Å². The van der Waals surface area contributed by atoms with Crippen molar-refractivity contribution in [2.24, 2.45) is 0 Å². The Morgan fingerprint density at radius 2 is 2.29 bits per heavy atom. The van der Waals surface area contributed by atoms with Crippen molar-refractivity contribution in [3.05, 3.63) is 23.3 Å². The first-order valence-electron chi connectivity index (χ1n) is 4.86. The summed E-state index contributed by atoms with van der Waals surface area (Å²) in [7, 11) is 1.84. The molecule has 0 saturated carbocycles. The van der Waals surface area contributed by atoms with Gasteiger partial charge in [-0.2, -0.15) is 11.8 Å². The van der Waals surface area contributed by atoms with E-state index in [1.807, 2.05) is 25.7 Å². The molecule has 0 radical (unpaired) electrons. The number of thioether (sulfide) groups is 1. The maximum absolute atomic E-state index is 11.4. The second-order valence-corrected chi connectivity index (χ2v) is 4.69. The highest BCUT2D eigenvalue weighted by Crippen LogP contribution is 2.18. The van der Waals surface area contributed by atoms with Crippen LogP contribution >= 0.6 is 11.8 Å². The van der Waals surface area contributed by atoms with Gasteiger partial charge in [-0.1, -0.05) is 19.1 Å². The summed E-state index contributed by atoms with van der Waals surface area (Å²) in [5, 5.41) is 0. The van der Waals surface area contributed by atoms with Crippen molar-refractivity contribution in [1.82, 2.24) is 4.90 Å². The van der Waals surface area contributed by atoms with Gasteiger partial charge in [0.15, 0.2) is 0 Å². The normalized spacial score (nSPS) is 17.6. The molecule has 1 aliphatic rings. The van der Waals surface area contributed by atoms with Crippen LogP contribution in [0.4, 0.5) is 0 Å². The molecule has 14 heavy (non-hydrogen) atoms. The van der Waals surface area contributed by atoms with Crippen LogP contribution in [0.25, 0.3) is 0 Å². The van der Waals surface area contributed by atoms with Gasteiger partial charge in [-0.05, 0) is 18.2 Å². The molecule has 0 aromatic rings. The molecule has 0 bridgehead atoms. The molecule has 1 rings (SSSR count). The summed E-state index contributed by atoms with van der Waals surface area (Å²) in [4.78, 5) is 13.2. The minimum atomic E-state index is 0.160. The van der Waals surface area contributed by atoms with E-state index in [0.29, 0.717) is 0 Å². The van der Waals surface area contributed by atoms with Crippen molar-refractivity contribution in [2.45, 2.75) is 13.8 Å². The summed E-state index contributed by atoms with van der Waals surface area (Å²) < 4.78 is 0. The zero-order valence-corrected chi connectivity index (χ0v) is 9.86. The number of nitrogens with zero attached hydrogens (tertiary/aromatic N) is 1. The number of hydrogen-bond donors (Lipinski definition) is 0. The van der Waals surface area contributed by atoms with Gasteiger partial charge in [-0.15, -0.1) is 0 Å². The number of amides is 1. The lowest BCUT2D eigenvalue weighted by molar-refractivity contribution is -0.124. The molecule has 0 aliphatic carbocycles. The molecule has 0 saturated heterocycles. The molecule has 0 aromatic carbocycles. The summed E-state index contributed by atoms with van der Waals surface area (Å²) in [6.45, 7) is 4.81. The Balaban J connectivity index is 2.53. The summed E-state index contributed by atoms with van der Waals surface area (Å²) in [6, 6.07) is 0. The van der Waals surface area contributed by atoms with Crippen LogP contribution in [0, 0.1) is 0 Å². The average molecular weight is 211 g/mol. The van der Waals surface area contributed by atoms with E-state index in [4.69, 9.17) is 0 Å². The van der Waals surface area contributed by atoms with Gasteiger partial charge in [0, 0.05) is 24.9 Å². The fourth-order valence-corrected chi connectivity index (χ4v) is 1.89. The van der Waals surface area contributed by atoms with E-state index in [-0.39, 0.29) is 5.91 Å². The first-order chi connectivity index (χ1) is 6.66. The molecule has 2 nitrogen and oxygen atoms in total. The van der Waals surface area contributed by atoms with E-state index in [2.05, 4.69) is 19.1 Å². The molecule has 0 N–H and O–H groups in total.